The van der Waals surface area contributed by atoms with Crippen LogP contribution in [0.25, 0.3) is 0 Å². The van der Waals surface area contributed by atoms with Crippen molar-refractivity contribution in [2.75, 3.05) is 48.3 Å². The molecule has 27 heavy (non-hydrogen) atoms. The van der Waals surface area contributed by atoms with E-state index < -0.39 is 0 Å². The second kappa shape index (κ2) is 16.8. The smallest absolute Gasteiger partial charge is 0.0593 e. The molecule has 0 heterocycles. The first-order chi connectivity index (χ1) is 12.9. The van der Waals surface area contributed by atoms with Crippen LogP contribution in [-0.4, -0.2) is 54.4 Å². The van der Waals surface area contributed by atoms with E-state index in [9.17, 15) is 0 Å². The van der Waals surface area contributed by atoms with E-state index >= 15 is 0 Å². The lowest BCUT2D eigenvalue weighted by atomic mass is 9.83. The molecular formula is C23H48O4. The topological polar surface area (TPSA) is 36.9 Å². The Balaban J connectivity index is 0.000000516. The molecule has 0 aromatic carbocycles. The molecule has 0 bridgehead atoms. The van der Waals surface area contributed by atoms with Gasteiger partial charge >= 0.3 is 0 Å². The summed E-state index contributed by atoms with van der Waals surface area (Å²) >= 11 is 0. The van der Waals surface area contributed by atoms with Gasteiger partial charge in [0.25, 0.3) is 0 Å². The summed E-state index contributed by atoms with van der Waals surface area (Å²) in [6.07, 6.45) is 12.4. The van der Waals surface area contributed by atoms with Gasteiger partial charge in [-0.2, -0.15) is 0 Å². The number of hydrogen-bond donors (Lipinski definition) is 0. The molecule has 0 radical (unpaired) electrons. The summed E-state index contributed by atoms with van der Waals surface area (Å²) in [5.41, 5.74) is 0.178. The van der Waals surface area contributed by atoms with Gasteiger partial charge in [-0.3, -0.25) is 0 Å². The van der Waals surface area contributed by atoms with E-state index in [-0.39, 0.29) is 5.41 Å². The maximum Gasteiger partial charge on any atom is 0.0593 e. The van der Waals surface area contributed by atoms with E-state index in [4.69, 9.17) is 18.9 Å². The Hall–Kier alpha value is -0.160. The van der Waals surface area contributed by atoms with Crippen molar-refractivity contribution < 1.29 is 18.9 Å². The van der Waals surface area contributed by atoms with Crippen molar-refractivity contribution in [2.24, 2.45) is 17.3 Å². The van der Waals surface area contributed by atoms with Crippen LogP contribution in [0.3, 0.4) is 0 Å². The molecule has 1 rings (SSSR count). The minimum atomic E-state index is 0.178. The van der Waals surface area contributed by atoms with Crippen molar-refractivity contribution in [3.63, 3.8) is 0 Å². The van der Waals surface area contributed by atoms with Gasteiger partial charge in [0.2, 0.25) is 0 Å². The van der Waals surface area contributed by atoms with E-state index in [1.54, 1.807) is 21.3 Å². The molecule has 1 aliphatic carbocycles. The van der Waals surface area contributed by atoms with Crippen molar-refractivity contribution in [1.82, 2.24) is 0 Å². The summed E-state index contributed by atoms with van der Waals surface area (Å²) < 4.78 is 20.9. The predicted molar refractivity (Wildman–Crippen MR) is 114 cm³/mol. The normalized spacial score (nSPS) is 16.9. The molecule has 164 valence electrons. The molecule has 0 saturated heterocycles. The van der Waals surface area contributed by atoms with E-state index in [0.29, 0.717) is 12.0 Å². The third kappa shape index (κ3) is 14.5. The largest absolute Gasteiger partial charge is 0.385 e. The predicted octanol–water partition coefficient (Wildman–Crippen LogP) is 5.73. The van der Waals surface area contributed by atoms with Crippen molar-refractivity contribution in [1.29, 1.82) is 0 Å². The van der Waals surface area contributed by atoms with Crippen LogP contribution in [0.15, 0.2) is 0 Å². The van der Waals surface area contributed by atoms with Crippen molar-refractivity contribution in [3.8, 4) is 0 Å². The van der Waals surface area contributed by atoms with Crippen LogP contribution in [0.1, 0.15) is 78.6 Å². The summed E-state index contributed by atoms with van der Waals surface area (Å²) in [4.78, 5) is 0. The highest BCUT2D eigenvalue weighted by molar-refractivity contribution is 4.74. The molecule has 4 heteroatoms. The lowest BCUT2D eigenvalue weighted by molar-refractivity contribution is 0.00925. The van der Waals surface area contributed by atoms with Gasteiger partial charge in [-0.05, 0) is 37.5 Å². The minimum absolute atomic E-state index is 0.178. The average molecular weight is 389 g/mol. The third-order valence-electron chi connectivity index (χ3n) is 5.49. The van der Waals surface area contributed by atoms with Crippen molar-refractivity contribution in [2.45, 2.75) is 84.7 Å². The van der Waals surface area contributed by atoms with Crippen LogP contribution >= 0.6 is 0 Å². The first kappa shape index (κ1) is 26.8. The zero-order valence-corrected chi connectivity index (χ0v) is 19.4. The highest BCUT2D eigenvalue weighted by atomic mass is 16.5. The molecule has 0 aromatic heterocycles. The summed E-state index contributed by atoms with van der Waals surface area (Å²) in [7, 11) is 7.07. The standard InChI is InChI=1S/C13H26O2.C10H22O2/c1-14-11-10-13(15-2)9-8-12-6-4-3-5-7-12;1-9(2)6-10(3,7-11-4)8-12-5/h12-13H,3-11H2,1-2H3;9H,6-8H2,1-5H3. The van der Waals surface area contributed by atoms with Gasteiger partial charge in [-0.1, -0.05) is 52.9 Å². The van der Waals surface area contributed by atoms with E-state index in [1.165, 1.54) is 44.9 Å². The number of methoxy groups -OCH3 is 4. The zero-order valence-electron chi connectivity index (χ0n) is 19.4. The number of hydrogen-bond acceptors (Lipinski definition) is 4. The Kier molecular flexibility index (Phi) is 16.7. The summed E-state index contributed by atoms with van der Waals surface area (Å²) in [6.45, 7) is 9.04. The van der Waals surface area contributed by atoms with Crippen LogP contribution in [0, 0.1) is 17.3 Å². The number of ether oxygens (including phenoxy) is 4. The monoisotopic (exact) mass is 388 g/mol. The molecule has 1 unspecified atom stereocenters. The first-order valence-electron chi connectivity index (χ1n) is 10.9. The van der Waals surface area contributed by atoms with Crippen LogP contribution in [0.5, 0.6) is 0 Å². The second-order valence-corrected chi connectivity index (χ2v) is 9.00. The zero-order chi connectivity index (χ0) is 20.5. The third-order valence-corrected chi connectivity index (χ3v) is 5.49. The van der Waals surface area contributed by atoms with Crippen LogP contribution < -0.4 is 0 Å². The summed E-state index contributed by atoms with van der Waals surface area (Å²) in [5.74, 6) is 1.67. The molecule has 4 nitrogen and oxygen atoms in total. The van der Waals surface area contributed by atoms with Crippen molar-refractivity contribution in [3.05, 3.63) is 0 Å². The fraction of sp³-hybridized carbons (Fsp3) is 1.00. The van der Waals surface area contributed by atoms with Crippen molar-refractivity contribution >= 4 is 0 Å². The summed E-state index contributed by atoms with van der Waals surface area (Å²) in [5, 5.41) is 0. The molecule has 0 N–H and O–H groups in total. The van der Waals surface area contributed by atoms with Gasteiger partial charge in [0.05, 0.1) is 19.3 Å². The Morgan fingerprint density at radius 1 is 0.852 bits per heavy atom. The molecule has 1 fully saturated rings. The second-order valence-electron chi connectivity index (χ2n) is 9.00. The summed E-state index contributed by atoms with van der Waals surface area (Å²) in [6, 6.07) is 0. The minimum Gasteiger partial charge on any atom is -0.385 e. The molecule has 1 atom stereocenters. The van der Waals surface area contributed by atoms with Gasteiger partial charge < -0.3 is 18.9 Å². The highest BCUT2D eigenvalue weighted by Gasteiger charge is 2.25. The van der Waals surface area contributed by atoms with Gasteiger partial charge in [-0.15, -0.1) is 0 Å². The van der Waals surface area contributed by atoms with Crippen LogP contribution in [0.4, 0.5) is 0 Å². The Morgan fingerprint density at radius 2 is 1.44 bits per heavy atom. The van der Waals surface area contributed by atoms with E-state index in [1.807, 2.05) is 7.11 Å². The van der Waals surface area contributed by atoms with Gasteiger partial charge in [-0.25, -0.2) is 0 Å². The van der Waals surface area contributed by atoms with E-state index in [0.717, 1.165) is 38.6 Å². The van der Waals surface area contributed by atoms with Gasteiger partial charge in [0.1, 0.15) is 0 Å². The fourth-order valence-electron chi connectivity index (χ4n) is 4.37. The fourth-order valence-corrected chi connectivity index (χ4v) is 4.37. The molecule has 0 amide bonds. The first-order valence-corrected chi connectivity index (χ1v) is 10.9. The highest BCUT2D eigenvalue weighted by Crippen LogP contribution is 2.28. The lowest BCUT2D eigenvalue weighted by Gasteiger charge is -2.29. The SMILES string of the molecule is COCC(C)(COC)CC(C)C.COCCC(CCC1CCCCC1)OC. The molecule has 0 spiro atoms. The molecule has 1 aliphatic rings. The van der Waals surface area contributed by atoms with Crippen LogP contribution in [-0.2, 0) is 18.9 Å². The lowest BCUT2D eigenvalue weighted by Crippen LogP contribution is -2.29. The molecule has 0 aromatic rings. The Morgan fingerprint density at radius 3 is 1.89 bits per heavy atom. The van der Waals surface area contributed by atoms with Crippen LogP contribution in [0.2, 0.25) is 0 Å². The molecule has 0 aliphatic heterocycles. The Labute approximate surface area is 169 Å². The Bertz CT molecular complexity index is 308. The molecule has 1 saturated carbocycles. The number of rotatable bonds is 13. The van der Waals surface area contributed by atoms with E-state index in [2.05, 4.69) is 20.8 Å². The van der Waals surface area contributed by atoms with Gasteiger partial charge in [0, 0.05) is 40.5 Å². The quantitative estimate of drug-likeness (QED) is 0.404. The van der Waals surface area contributed by atoms with Gasteiger partial charge in [0.15, 0.2) is 0 Å². The maximum absolute atomic E-state index is 5.46. The molecular weight excluding hydrogens is 340 g/mol. The average Bonchev–Trinajstić information content (AvgIpc) is 2.63. The maximum atomic E-state index is 5.46.